The van der Waals surface area contributed by atoms with Crippen molar-refractivity contribution in [2.75, 3.05) is 0 Å². The molecule has 0 amide bonds. The average Bonchev–Trinajstić information content (AvgIpc) is 3.08. The Labute approximate surface area is 158 Å². The molecule has 3 N–H and O–H groups in total. The van der Waals surface area contributed by atoms with Crippen LogP contribution in [0.25, 0.3) is 22.4 Å². The lowest BCUT2D eigenvalue weighted by Gasteiger charge is -2.25. The predicted octanol–water partition coefficient (Wildman–Crippen LogP) is 4.85. The first-order valence-corrected chi connectivity index (χ1v) is 9.57. The molecule has 0 aliphatic heterocycles. The van der Waals surface area contributed by atoms with Gasteiger partial charge in [-0.1, -0.05) is 23.7 Å². The summed E-state index contributed by atoms with van der Waals surface area (Å²) in [4.78, 5) is 4.16. The van der Waals surface area contributed by atoms with Crippen LogP contribution in [0.1, 0.15) is 31.4 Å². The van der Waals surface area contributed by atoms with Crippen LogP contribution in [0.4, 0.5) is 0 Å². The largest absolute Gasteiger partial charge is 0.328 e. The summed E-state index contributed by atoms with van der Waals surface area (Å²) in [7, 11) is 0. The second kappa shape index (κ2) is 7.60. The molecule has 0 bridgehead atoms. The molecule has 134 valence electrons. The molecule has 3 aromatic rings. The minimum absolute atomic E-state index is 0.373. The van der Waals surface area contributed by atoms with Crippen LogP contribution >= 0.6 is 11.6 Å². The number of nitrogens with zero attached hydrogens (tertiary/aromatic N) is 2. The number of H-pyrrole nitrogens is 1. The van der Waals surface area contributed by atoms with E-state index in [1.54, 1.807) is 0 Å². The number of hydrogen-bond donors (Lipinski definition) is 2. The fraction of sp³-hybridized carbons (Fsp3) is 0.333. The molecular weight excluding hydrogens is 344 g/mol. The van der Waals surface area contributed by atoms with E-state index in [0.717, 1.165) is 41.1 Å². The molecule has 0 unspecified atom stereocenters. The van der Waals surface area contributed by atoms with Gasteiger partial charge < -0.3 is 5.73 Å². The van der Waals surface area contributed by atoms with Gasteiger partial charge in [0.25, 0.3) is 0 Å². The molecule has 5 heteroatoms. The highest BCUT2D eigenvalue weighted by molar-refractivity contribution is 6.30. The smallest absolute Gasteiger partial charge is 0.100 e. The molecule has 2 heterocycles. The highest BCUT2D eigenvalue weighted by Gasteiger charge is 2.23. The Kier molecular flexibility index (Phi) is 5.05. The summed E-state index contributed by atoms with van der Waals surface area (Å²) in [5.74, 6) is 0.661. The molecule has 0 saturated heterocycles. The number of nitrogens with one attached hydrogen (secondary N) is 1. The summed E-state index contributed by atoms with van der Waals surface area (Å²) in [6.07, 6.45) is 9.28. The van der Waals surface area contributed by atoms with Crippen molar-refractivity contribution < 1.29 is 0 Å². The highest BCUT2D eigenvalue weighted by Crippen LogP contribution is 2.36. The number of rotatable bonds is 4. The van der Waals surface area contributed by atoms with E-state index in [-0.39, 0.29) is 0 Å². The second-order valence-electron chi connectivity index (χ2n) is 7.15. The SMILES string of the molecule is N[C@H]1CC[C@@H](Cc2[nH]nc(-c3ccc(Cl)cc3)c2-c2ccncc2)CC1. The molecule has 4 rings (SSSR count). The van der Waals surface area contributed by atoms with E-state index < -0.39 is 0 Å². The third-order valence-electron chi connectivity index (χ3n) is 5.31. The molecule has 26 heavy (non-hydrogen) atoms. The molecular formula is C21H23ClN4. The minimum Gasteiger partial charge on any atom is -0.328 e. The Bertz CT molecular complexity index is 849. The van der Waals surface area contributed by atoms with Gasteiger partial charge >= 0.3 is 0 Å². The molecule has 1 aromatic carbocycles. The lowest BCUT2D eigenvalue weighted by molar-refractivity contribution is 0.323. The number of nitrogens with two attached hydrogens (primary N) is 1. The van der Waals surface area contributed by atoms with Crippen LogP contribution in [0.3, 0.4) is 0 Å². The molecule has 0 atom stereocenters. The van der Waals surface area contributed by atoms with E-state index in [4.69, 9.17) is 17.3 Å². The van der Waals surface area contributed by atoms with Crippen LogP contribution in [0.15, 0.2) is 48.8 Å². The van der Waals surface area contributed by atoms with Crippen LogP contribution in [-0.2, 0) is 6.42 Å². The number of halogens is 1. The van der Waals surface area contributed by atoms with Crippen molar-refractivity contribution in [2.24, 2.45) is 11.7 Å². The summed E-state index contributed by atoms with van der Waals surface area (Å²) < 4.78 is 0. The fourth-order valence-electron chi connectivity index (χ4n) is 3.85. The number of benzene rings is 1. The van der Waals surface area contributed by atoms with Gasteiger partial charge in [-0.05, 0) is 67.9 Å². The normalized spacial score (nSPS) is 20.2. The van der Waals surface area contributed by atoms with Crippen LogP contribution in [0, 0.1) is 5.92 Å². The van der Waals surface area contributed by atoms with Gasteiger partial charge in [0.1, 0.15) is 5.69 Å². The summed E-state index contributed by atoms with van der Waals surface area (Å²) in [6, 6.07) is 12.3. The van der Waals surface area contributed by atoms with Gasteiger partial charge in [-0.15, -0.1) is 0 Å². The van der Waals surface area contributed by atoms with Crippen molar-refractivity contribution in [3.63, 3.8) is 0 Å². The minimum atomic E-state index is 0.373. The zero-order valence-electron chi connectivity index (χ0n) is 14.7. The fourth-order valence-corrected chi connectivity index (χ4v) is 3.98. The third kappa shape index (κ3) is 3.67. The first-order chi connectivity index (χ1) is 12.7. The van der Waals surface area contributed by atoms with Crippen LogP contribution in [-0.4, -0.2) is 21.2 Å². The Morgan fingerprint density at radius 1 is 0.962 bits per heavy atom. The maximum atomic E-state index is 6.07. The number of hydrogen-bond acceptors (Lipinski definition) is 3. The van der Waals surface area contributed by atoms with Gasteiger partial charge in [0.15, 0.2) is 0 Å². The lowest BCUT2D eigenvalue weighted by Crippen LogP contribution is -2.27. The molecule has 1 aliphatic carbocycles. The zero-order chi connectivity index (χ0) is 17.9. The maximum Gasteiger partial charge on any atom is 0.100 e. The number of aromatic nitrogens is 3. The zero-order valence-corrected chi connectivity index (χ0v) is 15.4. The third-order valence-corrected chi connectivity index (χ3v) is 5.56. The topological polar surface area (TPSA) is 67.6 Å². The average molecular weight is 367 g/mol. The first-order valence-electron chi connectivity index (χ1n) is 9.20. The monoisotopic (exact) mass is 366 g/mol. The second-order valence-corrected chi connectivity index (χ2v) is 7.59. The van der Waals surface area contributed by atoms with Crippen molar-refractivity contribution in [1.82, 2.24) is 15.2 Å². The number of pyridine rings is 1. The molecule has 1 saturated carbocycles. The van der Waals surface area contributed by atoms with E-state index in [1.165, 1.54) is 24.1 Å². The standard InChI is InChI=1S/C21H23ClN4/c22-17-5-3-16(4-6-17)21-20(15-9-11-24-12-10-15)19(25-26-21)13-14-1-7-18(23)8-2-14/h3-6,9-12,14,18H,1-2,7-8,13,23H2,(H,25,26)/t14-,18+. The Balaban J connectivity index is 1.71. The van der Waals surface area contributed by atoms with Crippen molar-refractivity contribution in [1.29, 1.82) is 0 Å². The lowest BCUT2D eigenvalue weighted by atomic mass is 9.82. The van der Waals surface area contributed by atoms with Crippen molar-refractivity contribution >= 4 is 11.6 Å². The van der Waals surface area contributed by atoms with Gasteiger partial charge in [-0.3, -0.25) is 10.1 Å². The van der Waals surface area contributed by atoms with E-state index in [9.17, 15) is 0 Å². The van der Waals surface area contributed by atoms with E-state index >= 15 is 0 Å². The Hall–Kier alpha value is -2.17. The Morgan fingerprint density at radius 3 is 2.35 bits per heavy atom. The van der Waals surface area contributed by atoms with E-state index in [2.05, 4.69) is 15.2 Å². The van der Waals surface area contributed by atoms with Crippen molar-refractivity contribution in [3.8, 4) is 22.4 Å². The molecule has 0 spiro atoms. The van der Waals surface area contributed by atoms with Gasteiger partial charge in [0, 0.05) is 40.3 Å². The molecule has 4 nitrogen and oxygen atoms in total. The summed E-state index contributed by atoms with van der Waals surface area (Å²) in [5.41, 5.74) is 11.6. The van der Waals surface area contributed by atoms with E-state index in [0.29, 0.717) is 12.0 Å². The summed E-state index contributed by atoms with van der Waals surface area (Å²) in [5, 5.41) is 8.70. The first kappa shape index (κ1) is 17.3. The Morgan fingerprint density at radius 2 is 1.65 bits per heavy atom. The van der Waals surface area contributed by atoms with Crippen LogP contribution < -0.4 is 5.73 Å². The van der Waals surface area contributed by atoms with Gasteiger partial charge in [-0.2, -0.15) is 5.10 Å². The molecule has 1 fully saturated rings. The number of aromatic amines is 1. The van der Waals surface area contributed by atoms with Gasteiger partial charge in [0.2, 0.25) is 0 Å². The van der Waals surface area contributed by atoms with Crippen molar-refractivity contribution in [2.45, 2.75) is 38.1 Å². The maximum absolute atomic E-state index is 6.07. The van der Waals surface area contributed by atoms with Gasteiger partial charge in [0.05, 0.1) is 0 Å². The van der Waals surface area contributed by atoms with Gasteiger partial charge in [-0.25, -0.2) is 0 Å². The van der Waals surface area contributed by atoms with Crippen LogP contribution in [0.2, 0.25) is 5.02 Å². The highest BCUT2D eigenvalue weighted by atomic mass is 35.5. The van der Waals surface area contributed by atoms with Crippen molar-refractivity contribution in [3.05, 3.63) is 59.5 Å². The summed E-state index contributed by atoms with van der Waals surface area (Å²) >= 11 is 6.06. The quantitative estimate of drug-likeness (QED) is 0.693. The van der Waals surface area contributed by atoms with E-state index in [1.807, 2.05) is 48.8 Å². The molecule has 0 radical (unpaired) electrons. The predicted molar refractivity (Wildman–Crippen MR) is 106 cm³/mol. The molecule has 2 aromatic heterocycles. The molecule has 1 aliphatic rings. The summed E-state index contributed by atoms with van der Waals surface area (Å²) in [6.45, 7) is 0. The van der Waals surface area contributed by atoms with Crippen LogP contribution in [0.5, 0.6) is 0 Å².